The molecule has 1 amide bonds. The molecular weight excluding hydrogens is 1170 g/mol. The van der Waals surface area contributed by atoms with E-state index in [2.05, 4.69) is 19.2 Å². The SMILES string of the molecule is CCCCCCCCCCCCC/C=C/C(O)C(COC1OC(CO)C(O)C(O)C1O)NC(=O)CCCCCCCCCCCCCCCCCCCCCCCCCCCCCCCCCCCCCCCCCOC(=O)CCCCCCCCCCCCCCCC. The smallest absolute Gasteiger partial charge is 0.305 e. The van der Waals surface area contributed by atoms with Gasteiger partial charge in [-0.25, -0.2) is 0 Å². The Labute approximate surface area is 582 Å². The Kier molecular flexibility index (Phi) is 69.9. The van der Waals surface area contributed by atoms with Crippen LogP contribution in [0.1, 0.15) is 444 Å². The van der Waals surface area contributed by atoms with Crippen LogP contribution in [0, 0.1) is 0 Å². The van der Waals surface area contributed by atoms with Crippen molar-refractivity contribution in [3.63, 3.8) is 0 Å². The Morgan fingerprint density at radius 2 is 0.670 bits per heavy atom. The van der Waals surface area contributed by atoms with Crippen LogP contribution in [-0.2, 0) is 23.8 Å². The van der Waals surface area contributed by atoms with Crippen molar-refractivity contribution in [3.8, 4) is 0 Å². The number of ether oxygens (including phenoxy) is 3. The lowest BCUT2D eigenvalue weighted by Crippen LogP contribution is -2.60. The number of esters is 1. The summed E-state index contributed by atoms with van der Waals surface area (Å²) in [5.41, 5.74) is 0. The molecule has 1 rings (SSSR count). The van der Waals surface area contributed by atoms with Gasteiger partial charge in [0.05, 0.1) is 32.0 Å². The second kappa shape index (κ2) is 72.6. The van der Waals surface area contributed by atoms with E-state index in [1.54, 1.807) is 6.08 Å². The molecule has 6 N–H and O–H groups in total. The number of aliphatic hydroxyl groups excluding tert-OH is 5. The average molecular weight is 1330 g/mol. The van der Waals surface area contributed by atoms with E-state index in [9.17, 15) is 35.1 Å². The van der Waals surface area contributed by atoms with Gasteiger partial charge in [-0.3, -0.25) is 9.59 Å². The molecule has 0 aromatic carbocycles. The molecule has 11 nitrogen and oxygen atoms in total. The molecule has 7 atom stereocenters. The second-order valence-electron chi connectivity index (χ2n) is 29.6. The van der Waals surface area contributed by atoms with E-state index in [4.69, 9.17) is 14.2 Å². The topological polar surface area (TPSA) is 175 Å². The van der Waals surface area contributed by atoms with Gasteiger partial charge in [0.25, 0.3) is 0 Å². The molecule has 0 bridgehead atoms. The van der Waals surface area contributed by atoms with E-state index < -0.39 is 49.5 Å². The first kappa shape index (κ1) is 90.4. The first-order valence-electron chi connectivity index (χ1n) is 42.0. The molecule has 94 heavy (non-hydrogen) atoms. The monoisotopic (exact) mass is 1330 g/mol. The van der Waals surface area contributed by atoms with Crippen LogP contribution >= 0.6 is 0 Å². The van der Waals surface area contributed by atoms with Crippen LogP contribution in [0.3, 0.4) is 0 Å². The third-order valence-electron chi connectivity index (χ3n) is 20.4. The second-order valence-corrected chi connectivity index (χ2v) is 29.6. The fraction of sp³-hybridized carbons (Fsp3) is 0.952. The number of carbonyl (C=O) groups is 2. The van der Waals surface area contributed by atoms with Crippen LogP contribution in [-0.4, -0.2) is 100 Å². The van der Waals surface area contributed by atoms with Crippen LogP contribution in [0.4, 0.5) is 0 Å². The lowest BCUT2D eigenvalue weighted by atomic mass is 9.99. The third-order valence-corrected chi connectivity index (χ3v) is 20.4. The van der Waals surface area contributed by atoms with Crippen molar-refractivity contribution in [3.05, 3.63) is 12.2 Å². The lowest BCUT2D eigenvalue weighted by Gasteiger charge is -2.40. The number of unbranched alkanes of at least 4 members (excludes halogenated alkanes) is 62. The molecule has 0 aromatic heterocycles. The van der Waals surface area contributed by atoms with Gasteiger partial charge in [0.1, 0.15) is 24.4 Å². The molecule has 1 saturated heterocycles. The standard InChI is InChI=1S/C83H161NO10/c1-3-5-7-9-11-13-15-17-47-51-55-59-63-67-71-79(88)92-72-68-64-60-56-52-48-44-42-40-38-36-34-32-30-28-26-24-22-20-18-19-21-23-25-27-29-31-33-35-37-39-41-43-46-50-54-58-62-66-70-78(87)84-75(74-93-83-82(91)81(90)80(89)77(73-85)94-83)76(86)69-65-61-57-53-49-45-16-14-12-10-8-6-4-2/h65,69,75-77,80-83,85-86,89-91H,3-64,66-68,70-74H2,1-2H3,(H,84,87)/b69-65+. The van der Waals surface area contributed by atoms with Gasteiger partial charge in [-0.15, -0.1) is 0 Å². The summed E-state index contributed by atoms with van der Waals surface area (Å²) in [4.78, 5) is 25.2. The molecule has 0 radical (unpaired) electrons. The predicted octanol–water partition coefficient (Wildman–Crippen LogP) is 22.9. The predicted molar refractivity (Wildman–Crippen MR) is 398 cm³/mol. The summed E-state index contributed by atoms with van der Waals surface area (Å²) in [6.45, 7) is 4.41. The maximum absolute atomic E-state index is 13.1. The number of aliphatic hydroxyl groups is 5. The van der Waals surface area contributed by atoms with E-state index in [1.807, 2.05) is 6.08 Å². The Morgan fingerprint density at radius 3 is 0.989 bits per heavy atom. The zero-order valence-corrected chi connectivity index (χ0v) is 62.5. The minimum atomic E-state index is -1.57. The number of allylic oxidation sites excluding steroid dienone is 1. The Hall–Kier alpha value is -1.60. The van der Waals surface area contributed by atoms with Crippen molar-refractivity contribution >= 4 is 11.9 Å². The first-order valence-corrected chi connectivity index (χ1v) is 42.0. The zero-order valence-electron chi connectivity index (χ0n) is 62.5. The third kappa shape index (κ3) is 60.4. The lowest BCUT2D eigenvalue weighted by molar-refractivity contribution is -0.302. The van der Waals surface area contributed by atoms with E-state index in [0.717, 1.165) is 51.4 Å². The molecule has 0 saturated carbocycles. The molecule has 0 spiro atoms. The van der Waals surface area contributed by atoms with Crippen molar-refractivity contribution in [2.24, 2.45) is 0 Å². The number of amides is 1. The van der Waals surface area contributed by atoms with Crippen molar-refractivity contribution in [1.29, 1.82) is 0 Å². The first-order chi connectivity index (χ1) is 46.2. The summed E-state index contributed by atoms with van der Waals surface area (Å²) in [5, 5.41) is 54.6. The summed E-state index contributed by atoms with van der Waals surface area (Å²) < 4.78 is 16.8. The van der Waals surface area contributed by atoms with Crippen molar-refractivity contribution in [2.45, 2.75) is 487 Å². The molecular formula is C83H161NO10. The number of carbonyl (C=O) groups excluding carboxylic acids is 2. The molecule has 11 heteroatoms. The molecule has 1 fully saturated rings. The van der Waals surface area contributed by atoms with E-state index in [1.165, 1.54) is 366 Å². The maximum Gasteiger partial charge on any atom is 0.305 e. The summed E-state index contributed by atoms with van der Waals surface area (Å²) in [5.74, 6) is -0.150. The van der Waals surface area contributed by atoms with Crippen LogP contribution in [0.2, 0.25) is 0 Å². The number of nitrogens with one attached hydrogen (secondary N) is 1. The van der Waals surface area contributed by atoms with E-state index in [-0.39, 0.29) is 18.5 Å². The number of hydrogen-bond acceptors (Lipinski definition) is 10. The molecule has 1 heterocycles. The molecule has 1 aliphatic rings. The molecule has 558 valence electrons. The van der Waals surface area contributed by atoms with Gasteiger partial charge in [0.2, 0.25) is 5.91 Å². The zero-order chi connectivity index (χ0) is 67.9. The molecule has 7 unspecified atom stereocenters. The van der Waals surface area contributed by atoms with Crippen molar-refractivity contribution < 1.29 is 49.3 Å². The quantitative estimate of drug-likeness (QED) is 0.0195. The summed E-state index contributed by atoms with van der Waals surface area (Å²) in [6.07, 6.45) is 82.6. The number of rotatable bonds is 76. The van der Waals surface area contributed by atoms with E-state index >= 15 is 0 Å². The molecule has 0 aromatic rings. The highest BCUT2D eigenvalue weighted by atomic mass is 16.7. The van der Waals surface area contributed by atoms with Crippen LogP contribution in [0.15, 0.2) is 12.2 Å². The average Bonchev–Trinajstić information content (AvgIpc) is 0.844. The summed E-state index contributed by atoms with van der Waals surface area (Å²) in [6, 6.07) is -0.804. The molecule has 1 aliphatic heterocycles. The Bertz CT molecular complexity index is 1560. The summed E-state index contributed by atoms with van der Waals surface area (Å²) in [7, 11) is 0. The van der Waals surface area contributed by atoms with Crippen molar-refractivity contribution in [2.75, 3.05) is 19.8 Å². The minimum absolute atomic E-state index is 0.0218. The Morgan fingerprint density at radius 1 is 0.383 bits per heavy atom. The highest BCUT2D eigenvalue weighted by Gasteiger charge is 2.44. The highest BCUT2D eigenvalue weighted by Crippen LogP contribution is 2.24. The normalized spacial score (nSPS) is 17.4. The van der Waals surface area contributed by atoms with Gasteiger partial charge in [0.15, 0.2) is 6.29 Å². The Balaban J connectivity index is 1.86. The van der Waals surface area contributed by atoms with Crippen LogP contribution in [0.25, 0.3) is 0 Å². The van der Waals surface area contributed by atoms with E-state index in [0.29, 0.717) is 19.4 Å². The fourth-order valence-corrected chi connectivity index (χ4v) is 13.9. The van der Waals surface area contributed by atoms with Crippen LogP contribution in [0.5, 0.6) is 0 Å². The van der Waals surface area contributed by atoms with Gasteiger partial charge in [-0.05, 0) is 32.1 Å². The summed E-state index contributed by atoms with van der Waals surface area (Å²) >= 11 is 0. The van der Waals surface area contributed by atoms with Gasteiger partial charge in [-0.2, -0.15) is 0 Å². The number of hydrogen-bond donors (Lipinski definition) is 6. The molecule has 0 aliphatic carbocycles. The maximum atomic E-state index is 13.1. The van der Waals surface area contributed by atoms with Gasteiger partial charge >= 0.3 is 5.97 Å². The van der Waals surface area contributed by atoms with Gasteiger partial charge in [-0.1, -0.05) is 411 Å². The van der Waals surface area contributed by atoms with Gasteiger partial charge < -0.3 is 45.1 Å². The van der Waals surface area contributed by atoms with Crippen molar-refractivity contribution in [1.82, 2.24) is 5.32 Å². The minimum Gasteiger partial charge on any atom is -0.466 e. The van der Waals surface area contributed by atoms with Gasteiger partial charge in [0, 0.05) is 12.8 Å². The highest BCUT2D eigenvalue weighted by molar-refractivity contribution is 5.76. The largest absolute Gasteiger partial charge is 0.466 e. The van der Waals surface area contributed by atoms with Crippen LogP contribution < -0.4 is 5.32 Å². The fourth-order valence-electron chi connectivity index (χ4n) is 13.9.